The van der Waals surface area contributed by atoms with E-state index in [9.17, 15) is 0 Å². The van der Waals surface area contributed by atoms with Gasteiger partial charge in [-0.3, -0.25) is 0 Å². The average molecular weight is 365 g/mol. The number of aryl methyl sites for hydroxylation is 3. The van der Waals surface area contributed by atoms with Crippen LogP contribution in [0, 0.1) is 6.92 Å². The molecule has 2 aliphatic heterocycles. The minimum absolute atomic E-state index is 0.540. The first-order chi connectivity index (χ1) is 12.7. The second-order valence-electron chi connectivity index (χ2n) is 7.96. The zero-order chi connectivity index (χ0) is 17.7. The van der Waals surface area contributed by atoms with E-state index in [0.717, 1.165) is 18.0 Å². The van der Waals surface area contributed by atoms with Crippen LogP contribution in [0.1, 0.15) is 47.7 Å². The number of hydrogen-bond acceptors (Lipinski definition) is 1. The molecular weight excluding hydrogens is 340 g/mol. The molecule has 0 radical (unpaired) electrons. The van der Waals surface area contributed by atoms with Gasteiger partial charge >= 0.3 is 0 Å². The Kier molecular flexibility index (Phi) is 4.06. The molecule has 0 spiro atoms. The maximum atomic E-state index is 6.04. The Bertz CT molecular complexity index is 954. The van der Waals surface area contributed by atoms with Crippen LogP contribution in [-0.2, 0) is 19.4 Å². The van der Waals surface area contributed by atoms with Crippen LogP contribution in [0.4, 0.5) is 0 Å². The number of piperidine rings is 1. The number of rotatable bonds is 3. The van der Waals surface area contributed by atoms with Crippen molar-refractivity contribution in [3.63, 3.8) is 0 Å². The van der Waals surface area contributed by atoms with Gasteiger partial charge in [0.25, 0.3) is 0 Å². The van der Waals surface area contributed by atoms with Crippen molar-refractivity contribution in [2.75, 3.05) is 0 Å². The summed E-state index contributed by atoms with van der Waals surface area (Å²) < 4.78 is 2.60. The number of fused-ring (bicyclic) bond motifs is 6. The number of benzene rings is 2. The van der Waals surface area contributed by atoms with Crippen molar-refractivity contribution in [2.45, 2.75) is 57.7 Å². The molecule has 2 nitrogen and oxygen atoms in total. The molecule has 26 heavy (non-hydrogen) atoms. The van der Waals surface area contributed by atoms with E-state index in [2.05, 4.69) is 47.1 Å². The van der Waals surface area contributed by atoms with Gasteiger partial charge in [-0.2, -0.15) is 0 Å². The Morgan fingerprint density at radius 1 is 1.12 bits per heavy atom. The van der Waals surface area contributed by atoms with E-state index >= 15 is 0 Å². The van der Waals surface area contributed by atoms with Crippen molar-refractivity contribution >= 4 is 22.5 Å². The number of hydrogen-bond donors (Lipinski definition) is 1. The fourth-order valence-corrected chi connectivity index (χ4v) is 5.07. The first kappa shape index (κ1) is 16.4. The van der Waals surface area contributed by atoms with Gasteiger partial charge in [-0.05, 0) is 68.0 Å². The third-order valence-corrected chi connectivity index (χ3v) is 6.43. The van der Waals surface area contributed by atoms with E-state index in [1.807, 2.05) is 12.1 Å². The highest BCUT2D eigenvalue weighted by atomic mass is 35.5. The molecule has 0 aliphatic carbocycles. The van der Waals surface area contributed by atoms with E-state index < -0.39 is 0 Å². The zero-order valence-corrected chi connectivity index (χ0v) is 16.0. The lowest BCUT2D eigenvalue weighted by molar-refractivity contribution is 0.298. The van der Waals surface area contributed by atoms with Crippen LogP contribution in [0.3, 0.4) is 0 Å². The second kappa shape index (κ2) is 6.44. The topological polar surface area (TPSA) is 17.0 Å². The van der Waals surface area contributed by atoms with Crippen molar-refractivity contribution in [1.82, 2.24) is 9.88 Å². The fraction of sp³-hybridized carbons (Fsp3) is 0.391. The van der Waals surface area contributed by atoms with Gasteiger partial charge in [-0.25, -0.2) is 0 Å². The Morgan fingerprint density at radius 2 is 1.96 bits per heavy atom. The minimum Gasteiger partial charge on any atom is -0.344 e. The quantitative estimate of drug-likeness (QED) is 0.641. The highest BCUT2D eigenvalue weighted by Gasteiger charge is 2.34. The van der Waals surface area contributed by atoms with E-state index in [0.29, 0.717) is 12.1 Å². The highest BCUT2D eigenvalue weighted by Crippen LogP contribution is 2.41. The van der Waals surface area contributed by atoms with Crippen LogP contribution in [-0.4, -0.2) is 10.6 Å². The van der Waals surface area contributed by atoms with Crippen LogP contribution >= 0.6 is 11.6 Å². The number of halogens is 1. The lowest BCUT2D eigenvalue weighted by Gasteiger charge is -2.37. The van der Waals surface area contributed by atoms with Gasteiger partial charge < -0.3 is 9.88 Å². The number of nitrogens with zero attached hydrogens (tertiary/aromatic N) is 1. The summed E-state index contributed by atoms with van der Waals surface area (Å²) in [5, 5.41) is 6.16. The van der Waals surface area contributed by atoms with Crippen LogP contribution in [0.15, 0.2) is 42.5 Å². The highest BCUT2D eigenvalue weighted by molar-refractivity contribution is 6.30. The Morgan fingerprint density at radius 3 is 2.81 bits per heavy atom. The summed E-state index contributed by atoms with van der Waals surface area (Å²) in [6, 6.07) is 16.5. The molecule has 2 aliphatic rings. The molecule has 134 valence electrons. The molecule has 1 saturated heterocycles. The molecule has 3 aromatic rings. The summed E-state index contributed by atoms with van der Waals surface area (Å²) in [6.45, 7) is 3.24. The monoisotopic (exact) mass is 364 g/mol. The normalized spacial score (nSPS) is 21.8. The van der Waals surface area contributed by atoms with Crippen molar-refractivity contribution in [3.05, 3.63) is 69.9 Å². The Hall–Kier alpha value is -1.77. The molecular formula is C23H25ClN2. The molecule has 2 aromatic carbocycles. The summed E-state index contributed by atoms with van der Waals surface area (Å²) in [5.41, 5.74) is 7.27. The first-order valence-corrected chi connectivity index (χ1v) is 10.2. The third-order valence-electron chi connectivity index (χ3n) is 6.18. The maximum Gasteiger partial charge on any atom is 0.0486 e. The van der Waals surface area contributed by atoms with Gasteiger partial charge in [0.1, 0.15) is 0 Å². The zero-order valence-electron chi connectivity index (χ0n) is 15.3. The Labute approximate surface area is 160 Å². The fourth-order valence-electron chi connectivity index (χ4n) is 4.95. The van der Waals surface area contributed by atoms with Crippen LogP contribution in [0.5, 0.6) is 0 Å². The molecule has 0 unspecified atom stereocenters. The van der Waals surface area contributed by atoms with Crippen LogP contribution in [0.2, 0.25) is 5.02 Å². The molecule has 1 aromatic heterocycles. The van der Waals surface area contributed by atoms with Crippen LogP contribution in [0.25, 0.3) is 10.9 Å². The standard InChI is InChI=1S/C23H25ClN2/c1-15-5-10-21-19(13-15)23-20-4-2-3-18(25-20)14-22(23)26(21)12-11-16-6-8-17(24)9-7-16/h5-10,13,18,20,25H,2-4,11-12,14H2,1H3/t18-,20+/m1/s1. The van der Waals surface area contributed by atoms with E-state index in [1.165, 1.54) is 47.7 Å². The molecule has 3 heteroatoms. The van der Waals surface area contributed by atoms with Crippen molar-refractivity contribution < 1.29 is 0 Å². The molecule has 1 fully saturated rings. The summed E-state index contributed by atoms with van der Waals surface area (Å²) in [7, 11) is 0. The summed E-state index contributed by atoms with van der Waals surface area (Å²) >= 11 is 6.04. The molecule has 2 atom stereocenters. The smallest absolute Gasteiger partial charge is 0.0486 e. The average Bonchev–Trinajstić information content (AvgIpc) is 2.94. The van der Waals surface area contributed by atoms with Crippen molar-refractivity contribution in [2.24, 2.45) is 0 Å². The first-order valence-electron chi connectivity index (χ1n) is 9.81. The summed E-state index contributed by atoms with van der Waals surface area (Å²) in [5.74, 6) is 0. The lowest BCUT2D eigenvalue weighted by atomic mass is 9.84. The van der Waals surface area contributed by atoms with E-state index in [-0.39, 0.29) is 0 Å². The van der Waals surface area contributed by atoms with Gasteiger partial charge in [0.2, 0.25) is 0 Å². The van der Waals surface area contributed by atoms with Crippen molar-refractivity contribution in [1.29, 1.82) is 0 Å². The molecule has 1 N–H and O–H groups in total. The predicted octanol–water partition coefficient (Wildman–Crippen LogP) is 5.59. The lowest BCUT2D eigenvalue weighted by Crippen LogP contribution is -2.43. The predicted molar refractivity (Wildman–Crippen MR) is 109 cm³/mol. The summed E-state index contributed by atoms with van der Waals surface area (Å²) in [4.78, 5) is 0. The third kappa shape index (κ3) is 2.76. The number of aromatic nitrogens is 1. The molecule has 2 bridgehead atoms. The molecule has 0 amide bonds. The number of nitrogens with one attached hydrogen (secondary N) is 1. The van der Waals surface area contributed by atoms with E-state index in [1.54, 1.807) is 11.3 Å². The van der Waals surface area contributed by atoms with Gasteiger partial charge in [0.15, 0.2) is 0 Å². The SMILES string of the molecule is Cc1ccc2c(c1)c1c(n2CCc2ccc(Cl)cc2)C[C@H]2CCC[C@@H]1N2. The maximum absolute atomic E-state index is 6.04. The molecule has 5 rings (SSSR count). The van der Waals surface area contributed by atoms with Gasteiger partial charge in [0.05, 0.1) is 0 Å². The van der Waals surface area contributed by atoms with Crippen LogP contribution < -0.4 is 5.32 Å². The van der Waals surface area contributed by atoms with E-state index in [4.69, 9.17) is 11.6 Å². The second-order valence-corrected chi connectivity index (χ2v) is 8.40. The Balaban J connectivity index is 1.58. The summed E-state index contributed by atoms with van der Waals surface area (Å²) in [6.07, 6.45) is 6.15. The van der Waals surface area contributed by atoms with Gasteiger partial charge in [-0.1, -0.05) is 35.4 Å². The largest absolute Gasteiger partial charge is 0.344 e. The van der Waals surface area contributed by atoms with Gasteiger partial charge in [-0.15, -0.1) is 0 Å². The van der Waals surface area contributed by atoms with Gasteiger partial charge in [0, 0.05) is 46.7 Å². The molecule has 0 saturated carbocycles. The minimum atomic E-state index is 0.540. The van der Waals surface area contributed by atoms with Crippen molar-refractivity contribution in [3.8, 4) is 0 Å². The molecule has 3 heterocycles.